The minimum absolute atomic E-state index is 0.0354. The molecule has 0 spiro atoms. The van der Waals surface area contributed by atoms with Gasteiger partial charge in [0.05, 0.1) is 6.54 Å². The van der Waals surface area contributed by atoms with Crippen LogP contribution in [0.1, 0.15) is 41.5 Å². The maximum absolute atomic E-state index is 12.5. The number of piperazine rings is 1. The van der Waals surface area contributed by atoms with Gasteiger partial charge in [0.25, 0.3) is 0 Å². The Hall–Kier alpha value is -1.06. The molecule has 1 heterocycles. The quantitative estimate of drug-likeness (QED) is 0.807. The Morgan fingerprint density at radius 2 is 1.67 bits per heavy atom. The van der Waals surface area contributed by atoms with Crippen molar-refractivity contribution in [3.8, 4) is 0 Å². The normalized spacial score (nSPS) is 30.6. The summed E-state index contributed by atoms with van der Waals surface area (Å²) in [7, 11) is 0. The van der Waals surface area contributed by atoms with E-state index >= 15 is 0 Å². The molecule has 4 heteroatoms. The van der Waals surface area contributed by atoms with Crippen molar-refractivity contribution in [2.75, 3.05) is 6.54 Å². The molecule has 1 N–H and O–H groups in total. The van der Waals surface area contributed by atoms with Gasteiger partial charge in [-0.3, -0.25) is 9.59 Å². The van der Waals surface area contributed by atoms with E-state index in [0.29, 0.717) is 0 Å². The van der Waals surface area contributed by atoms with Gasteiger partial charge in [0.1, 0.15) is 6.04 Å². The van der Waals surface area contributed by atoms with Crippen LogP contribution in [0.15, 0.2) is 0 Å². The van der Waals surface area contributed by atoms with Crippen LogP contribution in [0.25, 0.3) is 0 Å². The molecule has 2 fully saturated rings. The van der Waals surface area contributed by atoms with Crippen molar-refractivity contribution in [3.63, 3.8) is 0 Å². The Morgan fingerprint density at radius 3 is 2.06 bits per heavy atom. The van der Waals surface area contributed by atoms with E-state index in [1.807, 2.05) is 13.8 Å². The van der Waals surface area contributed by atoms with Crippen molar-refractivity contribution in [1.82, 2.24) is 10.2 Å². The third-order valence-electron chi connectivity index (χ3n) is 5.10. The lowest BCUT2D eigenvalue weighted by Crippen LogP contribution is -2.61. The molecule has 2 amide bonds. The van der Waals surface area contributed by atoms with Gasteiger partial charge in [0, 0.05) is 6.04 Å². The van der Waals surface area contributed by atoms with Crippen LogP contribution in [-0.4, -0.2) is 35.3 Å². The smallest absolute Gasteiger partial charge is 0.246 e. The van der Waals surface area contributed by atoms with E-state index in [9.17, 15) is 9.59 Å². The molecule has 0 radical (unpaired) electrons. The van der Waals surface area contributed by atoms with Crippen molar-refractivity contribution >= 4 is 11.8 Å². The second kappa shape index (κ2) is 3.72. The largest absolute Gasteiger partial charge is 0.343 e. The lowest BCUT2D eigenvalue weighted by Gasteiger charge is -2.35. The lowest BCUT2D eigenvalue weighted by atomic mass is 10.00. The van der Waals surface area contributed by atoms with Gasteiger partial charge in [-0.1, -0.05) is 41.5 Å². The molecule has 0 aromatic carbocycles. The number of hydrogen-bond donors (Lipinski definition) is 1. The molecule has 1 saturated heterocycles. The van der Waals surface area contributed by atoms with E-state index in [2.05, 4.69) is 33.0 Å². The summed E-state index contributed by atoms with van der Waals surface area (Å²) in [5.41, 5.74) is 0.170. The molecular weight excluding hydrogens is 228 g/mol. The Kier molecular flexibility index (Phi) is 2.76. The lowest BCUT2D eigenvalue weighted by molar-refractivity contribution is -0.146. The second-order valence-electron chi connectivity index (χ2n) is 7.10. The summed E-state index contributed by atoms with van der Waals surface area (Å²) in [6.45, 7) is 12.8. The number of carbonyl (C=O) groups is 2. The van der Waals surface area contributed by atoms with Crippen molar-refractivity contribution in [3.05, 3.63) is 0 Å². The molecule has 1 aliphatic heterocycles. The van der Waals surface area contributed by atoms with Gasteiger partial charge in [0.2, 0.25) is 11.8 Å². The first-order valence-corrected chi connectivity index (χ1v) is 6.70. The molecule has 2 aliphatic rings. The predicted molar refractivity (Wildman–Crippen MR) is 69.8 cm³/mol. The number of nitrogens with zero attached hydrogens (tertiary/aromatic N) is 1. The van der Waals surface area contributed by atoms with Crippen LogP contribution in [0.2, 0.25) is 0 Å². The van der Waals surface area contributed by atoms with Crippen molar-refractivity contribution < 1.29 is 9.59 Å². The first-order chi connectivity index (χ1) is 8.10. The molecule has 2 rings (SSSR count). The highest BCUT2D eigenvalue weighted by atomic mass is 16.2. The third-order valence-corrected chi connectivity index (χ3v) is 5.10. The topological polar surface area (TPSA) is 49.4 Å². The molecule has 1 atom stereocenters. The second-order valence-corrected chi connectivity index (χ2v) is 7.10. The summed E-state index contributed by atoms with van der Waals surface area (Å²) in [5.74, 6) is 0.175. The van der Waals surface area contributed by atoms with Crippen LogP contribution < -0.4 is 5.32 Å². The van der Waals surface area contributed by atoms with E-state index in [4.69, 9.17) is 0 Å². The highest BCUT2D eigenvalue weighted by Crippen LogP contribution is 2.65. The van der Waals surface area contributed by atoms with Gasteiger partial charge in [-0.25, -0.2) is 0 Å². The molecule has 0 bridgehead atoms. The fourth-order valence-corrected chi connectivity index (χ4v) is 3.30. The summed E-state index contributed by atoms with van der Waals surface area (Å²) < 4.78 is 0. The van der Waals surface area contributed by atoms with E-state index in [1.165, 1.54) is 0 Å². The van der Waals surface area contributed by atoms with Crippen LogP contribution in [-0.2, 0) is 9.59 Å². The zero-order valence-corrected chi connectivity index (χ0v) is 12.2. The van der Waals surface area contributed by atoms with Gasteiger partial charge in [-0.15, -0.1) is 0 Å². The van der Waals surface area contributed by atoms with Gasteiger partial charge in [0.15, 0.2) is 0 Å². The molecule has 0 aromatic rings. The standard InChI is InChI=1S/C14H24N2O2/c1-8(2)10-11(18)16(7-9(17)15-10)12-13(3,4)14(12,5)6/h8,10,12H,7H2,1-6H3,(H,15,17). The number of carbonyl (C=O) groups excluding carboxylic acids is 2. The number of nitrogens with one attached hydrogen (secondary N) is 1. The Morgan fingerprint density at radius 1 is 1.17 bits per heavy atom. The van der Waals surface area contributed by atoms with E-state index in [0.717, 1.165) is 0 Å². The fraction of sp³-hybridized carbons (Fsp3) is 0.857. The van der Waals surface area contributed by atoms with Crippen molar-refractivity contribution in [1.29, 1.82) is 0 Å². The Labute approximate surface area is 109 Å². The van der Waals surface area contributed by atoms with Gasteiger partial charge in [-0.2, -0.15) is 0 Å². The monoisotopic (exact) mass is 252 g/mol. The summed E-state index contributed by atoms with van der Waals surface area (Å²) >= 11 is 0. The van der Waals surface area contributed by atoms with Crippen LogP contribution in [0.5, 0.6) is 0 Å². The minimum Gasteiger partial charge on any atom is -0.343 e. The van der Waals surface area contributed by atoms with Gasteiger partial charge in [-0.05, 0) is 16.7 Å². The Balaban J connectivity index is 2.24. The van der Waals surface area contributed by atoms with Crippen molar-refractivity contribution in [2.45, 2.75) is 53.6 Å². The highest BCUT2D eigenvalue weighted by molar-refractivity contribution is 5.95. The summed E-state index contributed by atoms with van der Waals surface area (Å²) in [6.07, 6.45) is 0. The number of amides is 2. The number of hydrogen-bond acceptors (Lipinski definition) is 2. The van der Waals surface area contributed by atoms with Crippen LogP contribution in [0.3, 0.4) is 0 Å². The molecule has 1 unspecified atom stereocenters. The van der Waals surface area contributed by atoms with Crippen LogP contribution >= 0.6 is 0 Å². The van der Waals surface area contributed by atoms with Crippen LogP contribution in [0, 0.1) is 16.7 Å². The van der Waals surface area contributed by atoms with E-state index in [1.54, 1.807) is 4.90 Å². The Bertz CT molecular complexity index is 385. The zero-order chi connectivity index (χ0) is 13.9. The molecule has 102 valence electrons. The molecule has 1 aliphatic carbocycles. The third kappa shape index (κ3) is 1.65. The molecule has 18 heavy (non-hydrogen) atoms. The molecule has 0 aromatic heterocycles. The number of rotatable bonds is 2. The maximum Gasteiger partial charge on any atom is 0.246 e. The van der Waals surface area contributed by atoms with Crippen LogP contribution in [0.4, 0.5) is 0 Å². The average molecular weight is 252 g/mol. The van der Waals surface area contributed by atoms with E-state index < -0.39 is 0 Å². The van der Waals surface area contributed by atoms with E-state index in [-0.39, 0.29) is 47.2 Å². The fourth-order valence-electron chi connectivity index (χ4n) is 3.30. The maximum atomic E-state index is 12.5. The van der Waals surface area contributed by atoms with Gasteiger partial charge >= 0.3 is 0 Å². The minimum atomic E-state index is -0.363. The zero-order valence-electron chi connectivity index (χ0n) is 12.2. The van der Waals surface area contributed by atoms with Crippen molar-refractivity contribution in [2.24, 2.45) is 16.7 Å². The average Bonchev–Trinajstić information content (AvgIpc) is 2.61. The highest BCUT2D eigenvalue weighted by Gasteiger charge is 2.68. The SMILES string of the molecule is CC(C)C1NC(=O)CN(C2C(C)(C)C2(C)C)C1=O. The summed E-state index contributed by atoms with van der Waals surface area (Å²) in [5, 5.41) is 2.80. The predicted octanol–water partition coefficient (Wildman–Crippen LogP) is 1.40. The summed E-state index contributed by atoms with van der Waals surface area (Å²) in [4.78, 5) is 26.1. The first-order valence-electron chi connectivity index (χ1n) is 6.70. The first kappa shape index (κ1) is 13.4. The molecule has 4 nitrogen and oxygen atoms in total. The summed E-state index contributed by atoms with van der Waals surface area (Å²) in [6, 6.07) is -0.191. The molecular formula is C14H24N2O2. The molecule has 1 saturated carbocycles. The van der Waals surface area contributed by atoms with Gasteiger partial charge < -0.3 is 10.2 Å².